The molecule has 0 unspecified atom stereocenters. The van der Waals surface area contributed by atoms with E-state index in [1.54, 1.807) is 0 Å². The molecule has 0 saturated carbocycles. The maximum absolute atomic E-state index is 2.21. The van der Waals surface area contributed by atoms with E-state index in [1.807, 2.05) is 27.7 Å². The minimum Gasteiger partial charge on any atom is -0.0683 e. The fraction of sp³-hybridized carbons (Fsp3) is 0.571. The molecule has 0 bridgehead atoms. The van der Waals surface area contributed by atoms with Crippen LogP contribution in [-0.4, -0.2) is 0 Å². The summed E-state index contributed by atoms with van der Waals surface area (Å²) in [4.78, 5) is 0. The molecule has 0 heteroatoms. The van der Waals surface area contributed by atoms with Crippen LogP contribution in [0.4, 0.5) is 0 Å². The highest BCUT2D eigenvalue weighted by atomic mass is 14.0. The van der Waals surface area contributed by atoms with Crippen molar-refractivity contribution in [3.63, 3.8) is 0 Å². The molecule has 0 aliphatic carbocycles. The van der Waals surface area contributed by atoms with Crippen LogP contribution in [-0.2, 0) is 12.8 Å². The molecule has 0 aromatic heterocycles. The first-order chi connectivity index (χ1) is 6.88. The topological polar surface area (TPSA) is 0 Å². The van der Waals surface area contributed by atoms with E-state index in [0.29, 0.717) is 0 Å². The molecular weight excluding hydrogens is 168 g/mol. The predicted molar refractivity (Wildman–Crippen MR) is 67.9 cm³/mol. The molecular formula is C14H26. The average Bonchev–Trinajstić information content (AvgIpc) is 2.34. The Kier molecular flexibility index (Phi) is 13.7. The van der Waals surface area contributed by atoms with E-state index in [9.17, 15) is 0 Å². The third-order valence-corrected chi connectivity index (χ3v) is 1.88. The zero-order chi connectivity index (χ0) is 11.4. The fourth-order valence-electron chi connectivity index (χ4n) is 1.25. The van der Waals surface area contributed by atoms with Crippen molar-refractivity contribution in [1.29, 1.82) is 0 Å². The molecule has 0 aliphatic rings. The molecule has 0 aliphatic heterocycles. The highest BCUT2D eigenvalue weighted by Gasteiger charge is 1.93. The zero-order valence-electron chi connectivity index (χ0n) is 10.7. The van der Waals surface area contributed by atoms with E-state index in [-0.39, 0.29) is 0 Å². The van der Waals surface area contributed by atoms with Crippen molar-refractivity contribution in [3.8, 4) is 0 Å². The molecule has 1 rings (SSSR count). The largest absolute Gasteiger partial charge is 0.0683 e. The van der Waals surface area contributed by atoms with Gasteiger partial charge in [-0.3, -0.25) is 0 Å². The molecule has 0 atom stereocenters. The van der Waals surface area contributed by atoms with E-state index >= 15 is 0 Å². The molecule has 0 saturated heterocycles. The molecule has 82 valence electrons. The van der Waals surface area contributed by atoms with Gasteiger partial charge in [0, 0.05) is 0 Å². The minimum atomic E-state index is 1.16. The number of hydrogen-bond donors (Lipinski definition) is 0. The lowest BCUT2D eigenvalue weighted by Gasteiger charge is -2.02. The minimum absolute atomic E-state index is 1.16. The molecule has 0 spiro atoms. The number of aryl methyl sites for hydroxylation is 2. The van der Waals surface area contributed by atoms with Gasteiger partial charge in [-0.15, -0.1) is 0 Å². The summed E-state index contributed by atoms with van der Waals surface area (Å²) in [6, 6.07) is 8.63. The Morgan fingerprint density at radius 2 is 1.00 bits per heavy atom. The number of benzene rings is 1. The van der Waals surface area contributed by atoms with Crippen molar-refractivity contribution in [2.24, 2.45) is 0 Å². The maximum atomic E-state index is 2.21. The van der Waals surface area contributed by atoms with Crippen molar-refractivity contribution < 1.29 is 0 Å². The van der Waals surface area contributed by atoms with Crippen LogP contribution in [0.1, 0.15) is 52.7 Å². The van der Waals surface area contributed by atoms with Crippen LogP contribution in [0.2, 0.25) is 0 Å². The molecule has 0 heterocycles. The van der Waals surface area contributed by atoms with Crippen LogP contribution in [0, 0.1) is 0 Å². The Labute approximate surface area is 90.4 Å². The zero-order valence-corrected chi connectivity index (χ0v) is 10.7. The summed E-state index contributed by atoms with van der Waals surface area (Å²) in [5.74, 6) is 0. The highest BCUT2D eigenvalue weighted by molar-refractivity contribution is 5.26. The van der Waals surface area contributed by atoms with Gasteiger partial charge in [0.05, 0.1) is 0 Å². The summed E-state index contributed by atoms with van der Waals surface area (Å²) in [6.45, 7) is 12.4. The smallest absolute Gasteiger partial charge is 0.0305 e. The Hall–Kier alpha value is -0.780. The first-order valence-electron chi connectivity index (χ1n) is 5.95. The third kappa shape index (κ3) is 5.80. The van der Waals surface area contributed by atoms with Gasteiger partial charge in [0.1, 0.15) is 0 Å². The normalized spacial score (nSPS) is 7.86. The van der Waals surface area contributed by atoms with E-state index < -0.39 is 0 Å². The Balaban J connectivity index is 0. The first kappa shape index (κ1) is 15.7. The highest BCUT2D eigenvalue weighted by Crippen LogP contribution is 2.08. The van der Waals surface area contributed by atoms with Crippen molar-refractivity contribution in [2.45, 2.75) is 54.4 Å². The van der Waals surface area contributed by atoms with E-state index in [1.165, 1.54) is 11.1 Å². The molecule has 0 N–H and O–H groups in total. The first-order valence-corrected chi connectivity index (χ1v) is 5.95. The van der Waals surface area contributed by atoms with Gasteiger partial charge in [-0.05, 0) is 24.0 Å². The van der Waals surface area contributed by atoms with E-state index in [4.69, 9.17) is 0 Å². The fourth-order valence-corrected chi connectivity index (χ4v) is 1.25. The molecule has 0 fully saturated rings. The number of hydrogen-bond acceptors (Lipinski definition) is 0. The Morgan fingerprint density at radius 3 is 1.21 bits per heavy atom. The second kappa shape index (κ2) is 12.2. The van der Waals surface area contributed by atoms with Crippen LogP contribution in [0.3, 0.4) is 0 Å². The van der Waals surface area contributed by atoms with Crippen LogP contribution >= 0.6 is 0 Å². The SMILES string of the molecule is CC.CC.CCc1ccccc1CC. The predicted octanol–water partition coefficient (Wildman–Crippen LogP) is 4.86. The lowest BCUT2D eigenvalue weighted by molar-refractivity contribution is 1.04. The van der Waals surface area contributed by atoms with Gasteiger partial charge in [0.25, 0.3) is 0 Å². The second-order valence-electron chi connectivity index (χ2n) is 2.48. The molecule has 1 aromatic rings. The standard InChI is InChI=1S/C10H14.2C2H6/c1-3-9-7-5-6-8-10(9)4-2;2*1-2/h5-8H,3-4H2,1-2H3;2*1-2H3. The summed E-state index contributed by atoms with van der Waals surface area (Å²) in [7, 11) is 0. The Morgan fingerprint density at radius 1 is 0.714 bits per heavy atom. The van der Waals surface area contributed by atoms with Crippen LogP contribution in [0.15, 0.2) is 24.3 Å². The summed E-state index contributed by atoms with van der Waals surface area (Å²) in [5.41, 5.74) is 2.98. The molecule has 0 nitrogen and oxygen atoms in total. The van der Waals surface area contributed by atoms with Crippen molar-refractivity contribution in [1.82, 2.24) is 0 Å². The molecule has 0 amide bonds. The van der Waals surface area contributed by atoms with Crippen LogP contribution in [0.25, 0.3) is 0 Å². The van der Waals surface area contributed by atoms with Crippen molar-refractivity contribution >= 4 is 0 Å². The quantitative estimate of drug-likeness (QED) is 0.630. The van der Waals surface area contributed by atoms with E-state index in [0.717, 1.165) is 12.8 Å². The van der Waals surface area contributed by atoms with Gasteiger partial charge in [0.2, 0.25) is 0 Å². The second-order valence-corrected chi connectivity index (χ2v) is 2.48. The average molecular weight is 194 g/mol. The maximum Gasteiger partial charge on any atom is -0.0305 e. The van der Waals surface area contributed by atoms with E-state index in [2.05, 4.69) is 38.1 Å². The van der Waals surface area contributed by atoms with Crippen LogP contribution < -0.4 is 0 Å². The summed E-state index contributed by atoms with van der Waals surface area (Å²) >= 11 is 0. The number of rotatable bonds is 2. The van der Waals surface area contributed by atoms with Gasteiger partial charge in [-0.1, -0.05) is 65.8 Å². The van der Waals surface area contributed by atoms with Crippen molar-refractivity contribution in [2.75, 3.05) is 0 Å². The van der Waals surface area contributed by atoms with Crippen molar-refractivity contribution in [3.05, 3.63) is 35.4 Å². The summed E-state index contributed by atoms with van der Waals surface area (Å²) < 4.78 is 0. The molecule has 14 heavy (non-hydrogen) atoms. The molecule has 0 radical (unpaired) electrons. The molecule has 1 aromatic carbocycles. The lowest BCUT2D eigenvalue weighted by atomic mass is 10.0. The van der Waals surface area contributed by atoms with Gasteiger partial charge in [0.15, 0.2) is 0 Å². The van der Waals surface area contributed by atoms with Gasteiger partial charge in [-0.2, -0.15) is 0 Å². The van der Waals surface area contributed by atoms with Gasteiger partial charge >= 0.3 is 0 Å². The van der Waals surface area contributed by atoms with Gasteiger partial charge in [-0.25, -0.2) is 0 Å². The van der Waals surface area contributed by atoms with Gasteiger partial charge < -0.3 is 0 Å². The lowest BCUT2D eigenvalue weighted by Crippen LogP contribution is -1.88. The third-order valence-electron chi connectivity index (χ3n) is 1.88. The Bertz CT molecular complexity index is 178. The summed E-state index contributed by atoms with van der Waals surface area (Å²) in [5, 5.41) is 0. The monoisotopic (exact) mass is 194 g/mol. The van der Waals surface area contributed by atoms with Crippen LogP contribution in [0.5, 0.6) is 0 Å². The summed E-state index contributed by atoms with van der Waals surface area (Å²) in [6.07, 6.45) is 2.31.